The maximum absolute atomic E-state index is 5.19. The van der Waals surface area contributed by atoms with Crippen LogP contribution in [0.1, 0.15) is 51.0 Å². The quantitative estimate of drug-likeness (QED) is 0.811. The van der Waals surface area contributed by atoms with E-state index in [4.69, 9.17) is 4.74 Å². The molecule has 1 atom stereocenters. The van der Waals surface area contributed by atoms with E-state index in [1.807, 2.05) is 12.1 Å². The van der Waals surface area contributed by atoms with Gasteiger partial charge in [-0.1, -0.05) is 37.8 Å². The monoisotopic (exact) mass is 261 g/mol. The summed E-state index contributed by atoms with van der Waals surface area (Å²) in [5, 5.41) is 3.80. The van der Waals surface area contributed by atoms with Crippen molar-refractivity contribution < 1.29 is 4.74 Å². The molecule has 19 heavy (non-hydrogen) atoms. The summed E-state index contributed by atoms with van der Waals surface area (Å²) < 4.78 is 5.19. The molecule has 1 saturated carbocycles. The van der Waals surface area contributed by atoms with Crippen LogP contribution in [0.4, 0.5) is 0 Å². The second-order valence-corrected chi connectivity index (χ2v) is 5.81. The SMILES string of the molecule is COc1ccc(C[C@@H](C)NC2CCCCCC2)cc1. The van der Waals surface area contributed by atoms with E-state index in [-0.39, 0.29) is 0 Å². The van der Waals surface area contributed by atoms with Gasteiger partial charge in [0.15, 0.2) is 0 Å². The number of nitrogens with one attached hydrogen (secondary N) is 1. The molecule has 0 heterocycles. The van der Waals surface area contributed by atoms with Crippen LogP contribution in [0.15, 0.2) is 24.3 Å². The molecule has 2 nitrogen and oxygen atoms in total. The van der Waals surface area contributed by atoms with Crippen molar-refractivity contribution >= 4 is 0 Å². The number of methoxy groups -OCH3 is 1. The second-order valence-electron chi connectivity index (χ2n) is 5.81. The molecule has 2 heteroatoms. The van der Waals surface area contributed by atoms with Gasteiger partial charge in [-0.05, 0) is 43.9 Å². The zero-order valence-electron chi connectivity index (χ0n) is 12.3. The summed E-state index contributed by atoms with van der Waals surface area (Å²) in [4.78, 5) is 0. The maximum Gasteiger partial charge on any atom is 0.118 e. The Morgan fingerprint density at radius 3 is 2.32 bits per heavy atom. The van der Waals surface area contributed by atoms with Crippen LogP contribution in [-0.4, -0.2) is 19.2 Å². The third kappa shape index (κ3) is 4.87. The average Bonchev–Trinajstić information content (AvgIpc) is 2.68. The number of rotatable bonds is 5. The zero-order chi connectivity index (χ0) is 13.5. The van der Waals surface area contributed by atoms with Gasteiger partial charge in [-0.25, -0.2) is 0 Å². The summed E-state index contributed by atoms with van der Waals surface area (Å²) in [5.41, 5.74) is 1.38. The van der Waals surface area contributed by atoms with Crippen LogP contribution in [0, 0.1) is 0 Å². The van der Waals surface area contributed by atoms with Crippen molar-refractivity contribution in [2.75, 3.05) is 7.11 Å². The second kappa shape index (κ2) is 7.54. The highest BCUT2D eigenvalue weighted by Crippen LogP contribution is 2.18. The fraction of sp³-hybridized carbons (Fsp3) is 0.647. The van der Waals surface area contributed by atoms with Crippen LogP contribution < -0.4 is 10.1 Å². The molecule has 0 amide bonds. The van der Waals surface area contributed by atoms with Crippen LogP contribution in [-0.2, 0) is 6.42 Å². The Balaban J connectivity index is 1.80. The van der Waals surface area contributed by atoms with Crippen molar-refractivity contribution in [1.82, 2.24) is 5.32 Å². The van der Waals surface area contributed by atoms with Crippen molar-refractivity contribution in [3.63, 3.8) is 0 Å². The molecule has 2 rings (SSSR count). The van der Waals surface area contributed by atoms with Gasteiger partial charge in [0.2, 0.25) is 0 Å². The first-order valence-electron chi connectivity index (χ1n) is 7.67. The molecular formula is C17H27NO. The van der Waals surface area contributed by atoms with E-state index in [0.717, 1.165) is 18.2 Å². The van der Waals surface area contributed by atoms with Gasteiger partial charge in [0.1, 0.15) is 5.75 Å². The Morgan fingerprint density at radius 2 is 1.74 bits per heavy atom. The minimum Gasteiger partial charge on any atom is -0.497 e. The molecule has 1 N–H and O–H groups in total. The number of benzene rings is 1. The van der Waals surface area contributed by atoms with Crippen LogP contribution in [0.2, 0.25) is 0 Å². The Kier molecular flexibility index (Phi) is 5.71. The minimum absolute atomic E-state index is 0.552. The summed E-state index contributed by atoms with van der Waals surface area (Å²) in [7, 11) is 1.71. The predicted octanol–water partition coefficient (Wildman–Crippen LogP) is 3.94. The summed E-state index contributed by atoms with van der Waals surface area (Å²) in [5.74, 6) is 0.938. The predicted molar refractivity (Wildman–Crippen MR) is 80.8 cm³/mol. The first-order chi connectivity index (χ1) is 9.28. The highest BCUT2D eigenvalue weighted by molar-refractivity contribution is 5.27. The Bertz CT molecular complexity index is 352. The average molecular weight is 261 g/mol. The highest BCUT2D eigenvalue weighted by Gasteiger charge is 2.14. The van der Waals surface area contributed by atoms with Crippen LogP contribution >= 0.6 is 0 Å². The highest BCUT2D eigenvalue weighted by atomic mass is 16.5. The van der Waals surface area contributed by atoms with Crippen molar-refractivity contribution in [2.24, 2.45) is 0 Å². The fourth-order valence-corrected chi connectivity index (χ4v) is 3.02. The van der Waals surface area contributed by atoms with Crippen LogP contribution in [0.25, 0.3) is 0 Å². The Labute approximate surface area is 117 Å². The summed E-state index contributed by atoms with van der Waals surface area (Å²) in [6.07, 6.45) is 9.44. The number of hydrogen-bond acceptors (Lipinski definition) is 2. The largest absolute Gasteiger partial charge is 0.497 e. The lowest BCUT2D eigenvalue weighted by Crippen LogP contribution is -2.37. The van der Waals surface area contributed by atoms with Crippen LogP contribution in [0.3, 0.4) is 0 Å². The van der Waals surface area contributed by atoms with E-state index in [9.17, 15) is 0 Å². The molecule has 1 aromatic rings. The van der Waals surface area contributed by atoms with E-state index in [2.05, 4.69) is 24.4 Å². The molecule has 0 aliphatic heterocycles. The Morgan fingerprint density at radius 1 is 1.11 bits per heavy atom. The summed E-state index contributed by atoms with van der Waals surface area (Å²) in [6, 6.07) is 9.72. The third-order valence-electron chi connectivity index (χ3n) is 4.08. The summed E-state index contributed by atoms with van der Waals surface area (Å²) >= 11 is 0. The third-order valence-corrected chi connectivity index (χ3v) is 4.08. The smallest absolute Gasteiger partial charge is 0.118 e. The Hall–Kier alpha value is -1.02. The van der Waals surface area contributed by atoms with Gasteiger partial charge >= 0.3 is 0 Å². The molecule has 0 saturated heterocycles. The van der Waals surface area contributed by atoms with Gasteiger partial charge < -0.3 is 10.1 Å². The molecule has 106 valence electrons. The van der Waals surface area contributed by atoms with Crippen molar-refractivity contribution in [3.05, 3.63) is 29.8 Å². The zero-order valence-corrected chi connectivity index (χ0v) is 12.3. The molecule has 0 aromatic heterocycles. The van der Waals surface area contributed by atoms with Gasteiger partial charge in [-0.2, -0.15) is 0 Å². The van der Waals surface area contributed by atoms with E-state index in [1.54, 1.807) is 7.11 Å². The fourth-order valence-electron chi connectivity index (χ4n) is 3.02. The maximum atomic E-state index is 5.19. The molecule has 1 aliphatic carbocycles. The van der Waals surface area contributed by atoms with Gasteiger partial charge in [-0.15, -0.1) is 0 Å². The van der Waals surface area contributed by atoms with E-state index in [0.29, 0.717) is 6.04 Å². The molecule has 0 radical (unpaired) electrons. The molecule has 1 aromatic carbocycles. The van der Waals surface area contributed by atoms with Gasteiger partial charge in [0.25, 0.3) is 0 Å². The molecule has 0 spiro atoms. The lowest BCUT2D eigenvalue weighted by atomic mass is 10.0. The standard InChI is InChI=1S/C17H27NO/c1-14(18-16-7-5-3-4-6-8-16)13-15-9-11-17(19-2)12-10-15/h9-12,14,16,18H,3-8,13H2,1-2H3/t14-/m1/s1. The normalized spacial score (nSPS) is 18.8. The van der Waals surface area contributed by atoms with Crippen molar-refractivity contribution in [2.45, 2.75) is 64.0 Å². The first kappa shape index (κ1) is 14.4. The van der Waals surface area contributed by atoms with Crippen LogP contribution in [0.5, 0.6) is 5.75 Å². The van der Waals surface area contributed by atoms with E-state index >= 15 is 0 Å². The molecule has 0 bridgehead atoms. The lowest BCUT2D eigenvalue weighted by Gasteiger charge is -2.22. The topological polar surface area (TPSA) is 21.3 Å². The van der Waals surface area contributed by atoms with E-state index in [1.165, 1.54) is 44.1 Å². The molecular weight excluding hydrogens is 234 g/mol. The van der Waals surface area contributed by atoms with Gasteiger partial charge in [-0.3, -0.25) is 0 Å². The molecule has 0 unspecified atom stereocenters. The lowest BCUT2D eigenvalue weighted by molar-refractivity contribution is 0.404. The number of ether oxygens (including phenoxy) is 1. The first-order valence-corrected chi connectivity index (χ1v) is 7.67. The van der Waals surface area contributed by atoms with Crippen molar-refractivity contribution in [3.8, 4) is 5.75 Å². The van der Waals surface area contributed by atoms with E-state index < -0.39 is 0 Å². The van der Waals surface area contributed by atoms with Gasteiger partial charge in [0.05, 0.1) is 7.11 Å². The van der Waals surface area contributed by atoms with Gasteiger partial charge in [0, 0.05) is 12.1 Å². The van der Waals surface area contributed by atoms with Crippen molar-refractivity contribution in [1.29, 1.82) is 0 Å². The molecule has 1 aliphatic rings. The number of hydrogen-bond donors (Lipinski definition) is 1. The minimum atomic E-state index is 0.552. The molecule has 1 fully saturated rings. The summed E-state index contributed by atoms with van der Waals surface area (Å²) in [6.45, 7) is 2.30.